The van der Waals surface area contributed by atoms with Gasteiger partial charge in [0.05, 0.1) is 13.0 Å². The molecule has 0 heterocycles. The van der Waals surface area contributed by atoms with E-state index in [1.165, 1.54) is 10.4 Å². The summed E-state index contributed by atoms with van der Waals surface area (Å²) in [6.07, 6.45) is 1.41. The van der Waals surface area contributed by atoms with Crippen molar-refractivity contribution in [1.29, 1.82) is 0 Å². The lowest BCUT2D eigenvalue weighted by Crippen LogP contribution is -2.66. The van der Waals surface area contributed by atoms with Crippen molar-refractivity contribution in [3.05, 3.63) is 60.7 Å². The summed E-state index contributed by atoms with van der Waals surface area (Å²) in [6.45, 7) is 14.4. The molecule has 0 unspecified atom stereocenters. The lowest BCUT2D eigenvalue weighted by atomic mass is 10.2. The molecule has 5 heteroatoms. The molecule has 4 nitrogen and oxygen atoms in total. The maximum absolute atomic E-state index is 11.8. The summed E-state index contributed by atoms with van der Waals surface area (Å²) >= 11 is 0. The smallest absolute Gasteiger partial charge is 0.308 e. The zero-order valence-corrected chi connectivity index (χ0v) is 22.1. The van der Waals surface area contributed by atoms with Crippen molar-refractivity contribution in [2.75, 3.05) is 19.8 Å². The fraction of sp³-hybridized carbons (Fsp3) is 0.536. The monoisotopic (exact) mass is 468 g/mol. The summed E-state index contributed by atoms with van der Waals surface area (Å²) in [5.74, 6) is 0.805. The van der Waals surface area contributed by atoms with Crippen LogP contribution >= 0.6 is 0 Å². The third-order valence-electron chi connectivity index (χ3n) is 6.20. The Bertz CT molecular complexity index is 844. The van der Waals surface area contributed by atoms with Gasteiger partial charge < -0.3 is 13.9 Å². The molecule has 0 aromatic heterocycles. The highest BCUT2D eigenvalue weighted by molar-refractivity contribution is 6.99. The Morgan fingerprint density at radius 1 is 0.848 bits per heavy atom. The molecule has 2 atom stereocenters. The minimum absolute atomic E-state index is 0.00991. The molecule has 33 heavy (non-hydrogen) atoms. The largest absolute Gasteiger partial charge is 0.460 e. The van der Waals surface area contributed by atoms with Gasteiger partial charge in [0, 0.05) is 13.2 Å². The molecular formula is C28H40O4Si. The van der Waals surface area contributed by atoms with Crippen LogP contribution in [0, 0.1) is 11.8 Å². The summed E-state index contributed by atoms with van der Waals surface area (Å²) in [7, 11) is -2.48. The average molecular weight is 469 g/mol. The molecule has 0 bridgehead atoms. The van der Waals surface area contributed by atoms with Crippen LogP contribution in [0.1, 0.15) is 54.4 Å². The average Bonchev–Trinajstić information content (AvgIpc) is 3.49. The van der Waals surface area contributed by atoms with Crippen LogP contribution < -0.4 is 10.4 Å². The molecule has 0 N–H and O–H groups in total. The van der Waals surface area contributed by atoms with Gasteiger partial charge in [-0.25, -0.2) is 0 Å². The minimum atomic E-state index is -2.48. The molecule has 1 saturated carbocycles. The third kappa shape index (κ3) is 6.78. The predicted octanol–water partition coefficient (Wildman–Crippen LogP) is 4.95. The Hall–Kier alpha value is -1.95. The van der Waals surface area contributed by atoms with Crippen molar-refractivity contribution in [2.45, 2.75) is 65.0 Å². The SMILES string of the molecule is CC(C)(C)OC(=O)CCOC[C@H]1C[C@@H]1CO[Si](c1ccccc1)(c1ccccc1)C(C)(C)C. The van der Waals surface area contributed by atoms with E-state index in [0.29, 0.717) is 31.5 Å². The number of carbonyl (C=O) groups excluding carboxylic acids is 1. The Morgan fingerprint density at radius 2 is 1.36 bits per heavy atom. The lowest BCUT2D eigenvalue weighted by molar-refractivity contribution is -0.156. The van der Waals surface area contributed by atoms with Gasteiger partial charge in [-0.15, -0.1) is 0 Å². The molecule has 1 aliphatic rings. The van der Waals surface area contributed by atoms with Gasteiger partial charge in [-0.1, -0.05) is 81.4 Å². The molecule has 0 saturated heterocycles. The molecular weight excluding hydrogens is 428 g/mol. The fourth-order valence-electron chi connectivity index (χ4n) is 4.49. The first kappa shape index (κ1) is 25.7. The lowest BCUT2D eigenvalue weighted by Gasteiger charge is -2.43. The molecule has 0 amide bonds. The number of hydrogen-bond acceptors (Lipinski definition) is 4. The van der Waals surface area contributed by atoms with Crippen molar-refractivity contribution in [3.8, 4) is 0 Å². The number of ether oxygens (including phenoxy) is 2. The van der Waals surface area contributed by atoms with Crippen molar-refractivity contribution in [2.24, 2.45) is 11.8 Å². The molecule has 1 aliphatic carbocycles. The van der Waals surface area contributed by atoms with E-state index in [-0.39, 0.29) is 11.0 Å². The molecule has 2 aromatic rings. The zero-order valence-electron chi connectivity index (χ0n) is 21.1. The van der Waals surface area contributed by atoms with E-state index >= 15 is 0 Å². The Morgan fingerprint density at radius 3 is 1.85 bits per heavy atom. The third-order valence-corrected chi connectivity index (χ3v) is 11.2. The van der Waals surface area contributed by atoms with Crippen LogP contribution in [0.3, 0.4) is 0 Å². The van der Waals surface area contributed by atoms with Crippen molar-refractivity contribution >= 4 is 24.7 Å². The van der Waals surface area contributed by atoms with Crippen molar-refractivity contribution < 1.29 is 18.7 Å². The van der Waals surface area contributed by atoms with E-state index in [2.05, 4.69) is 81.4 Å². The second-order valence-corrected chi connectivity index (χ2v) is 15.4. The molecule has 1 fully saturated rings. The first-order chi connectivity index (χ1) is 15.5. The highest BCUT2D eigenvalue weighted by Gasteiger charge is 2.51. The number of rotatable bonds is 10. The maximum Gasteiger partial charge on any atom is 0.308 e. The molecule has 3 rings (SSSR count). The van der Waals surface area contributed by atoms with Crippen molar-refractivity contribution in [1.82, 2.24) is 0 Å². The van der Waals surface area contributed by atoms with Crippen LogP contribution in [-0.4, -0.2) is 39.7 Å². The Balaban J connectivity index is 1.60. The fourth-order valence-corrected chi connectivity index (χ4v) is 9.11. The number of benzene rings is 2. The predicted molar refractivity (Wildman–Crippen MR) is 136 cm³/mol. The molecule has 0 aliphatic heterocycles. The van der Waals surface area contributed by atoms with Crippen LogP contribution in [0.4, 0.5) is 0 Å². The first-order valence-electron chi connectivity index (χ1n) is 12.1. The van der Waals surface area contributed by atoms with E-state index in [1.807, 2.05) is 20.8 Å². The van der Waals surface area contributed by atoms with Gasteiger partial charge in [0.1, 0.15) is 5.60 Å². The zero-order chi connectivity index (χ0) is 24.1. The van der Waals surface area contributed by atoms with Gasteiger partial charge in [-0.05, 0) is 54.4 Å². The van der Waals surface area contributed by atoms with E-state index in [0.717, 1.165) is 13.0 Å². The van der Waals surface area contributed by atoms with Gasteiger partial charge in [0.25, 0.3) is 8.32 Å². The standard InChI is InChI=1S/C28H40O4Si/c1-27(2,3)32-26(29)17-18-30-20-22-19-23(22)21-31-33(28(4,5)6,24-13-9-7-10-14-24)25-15-11-8-12-16-25/h7-16,22-23H,17-21H2,1-6H3/t22-,23-/m1/s1. The van der Waals surface area contributed by atoms with E-state index in [1.54, 1.807) is 0 Å². The summed E-state index contributed by atoms with van der Waals surface area (Å²) in [4.78, 5) is 11.8. The van der Waals surface area contributed by atoms with Gasteiger partial charge in [-0.2, -0.15) is 0 Å². The highest BCUT2D eigenvalue weighted by Crippen LogP contribution is 2.42. The molecule has 0 radical (unpaired) electrons. The van der Waals surface area contributed by atoms with Crippen LogP contribution in [0.25, 0.3) is 0 Å². The number of esters is 1. The van der Waals surface area contributed by atoms with Crippen LogP contribution in [0.2, 0.25) is 5.04 Å². The van der Waals surface area contributed by atoms with E-state index in [9.17, 15) is 4.79 Å². The minimum Gasteiger partial charge on any atom is -0.460 e. The van der Waals surface area contributed by atoms with E-state index < -0.39 is 13.9 Å². The van der Waals surface area contributed by atoms with Crippen LogP contribution in [0.15, 0.2) is 60.7 Å². The maximum atomic E-state index is 11.8. The summed E-state index contributed by atoms with van der Waals surface area (Å²) < 4.78 is 18.2. The van der Waals surface area contributed by atoms with Crippen LogP contribution in [-0.2, 0) is 18.7 Å². The van der Waals surface area contributed by atoms with Gasteiger partial charge in [-0.3, -0.25) is 4.79 Å². The summed E-state index contributed by atoms with van der Waals surface area (Å²) in [5, 5.41) is 2.62. The highest BCUT2D eigenvalue weighted by atomic mass is 28.4. The first-order valence-corrected chi connectivity index (χ1v) is 14.0. The van der Waals surface area contributed by atoms with Gasteiger partial charge in [0.15, 0.2) is 0 Å². The second-order valence-electron chi connectivity index (χ2n) is 11.1. The number of carbonyl (C=O) groups is 1. The topological polar surface area (TPSA) is 44.8 Å². The van der Waals surface area contributed by atoms with Gasteiger partial charge >= 0.3 is 5.97 Å². The summed E-state index contributed by atoms with van der Waals surface area (Å²) in [6, 6.07) is 21.5. The normalized spacial score (nSPS) is 18.7. The molecule has 180 valence electrons. The number of hydrogen-bond donors (Lipinski definition) is 0. The van der Waals surface area contributed by atoms with Crippen molar-refractivity contribution in [3.63, 3.8) is 0 Å². The second kappa shape index (κ2) is 10.5. The van der Waals surface area contributed by atoms with E-state index in [4.69, 9.17) is 13.9 Å². The van der Waals surface area contributed by atoms with Crippen LogP contribution in [0.5, 0.6) is 0 Å². The quantitative estimate of drug-likeness (QED) is 0.281. The Labute approximate surface area is 200 Å². The summed E-state index contributed by atoms with van der Waals surface area (Å²) in [5.41, 5.74) is -0.447. The van der Waals surface area contributed by atoms with Gasteiger partial charge in [0.2, 0.25) is 0 Å². The molecule has 0 spiro atoms. The molecule has 2 aromatic carbocycles. The Kier molecular flexibility index (Phi) is 8.20.